The molecule has 4 heteroatoms. The molecule has 0 N–H and O–H groups in total. The zero-order chi connectivity index (χ0) is 21.5. The van der Waals surface area contributed by atoms with Crippen LogP contribution in [0.15, 0.2) is 60.7 Å². The lowest BCUT2D eigenvalue weighted by molar-refractivity contribution is -0.143. The molecular formula is C26H27FO3. The predicted octanol–water partition coefficient (Wildman–Crippen LogP) is 6.30. The first kappa shape index (κ1) is 21.6. The van der Waals surface area contributed by atoms with Gasteiger partial charge < -0.3 is 9.47 Å². The summed E-state index contributed by atoms with van der Waals surface area (Å²) < 4.78 is 24.4. The van der Waals surface area contributed by atoms with Crippen LogP contribution in [0.1, 0.15) is 30.0 Å². The van der Waals surface area contributed by atoms with Crippen LogP contribution in [0.3, 0.4) is 0 Å². The number of carbonyl (C=O) groups excluding carboxylic acids is 1. The quantitative estimate of drug-likeness (QED) is 0.412. The molecule has 0 saturated heterocycles. The maximum absolute atomic E-state index is 13.9. The molecule has 0 aliphatic rings. The summed E-state index contributed by atoms with van der Waals surface area (Å²) in [5.74, 6) is 0.491. The summed E-state index contributed by atoms with van der Waals surface area (Å²) in [7, 11) is 1.61. The Morgan fingerprint density at radius 3 is 2.37 bits per heavy atom. The molecule has 0 atom stereocenters. The highest BCUT2D eigenvalue weighted by Gasteiger charge is 2.13. The van der Waals surface area contributed by atoms with Crippen molar-refractivity contribution >= 4 is 5.97 Å². The lowest BCUT2D eigenvalue weighted by atomic mass is 9.91. The van der Waals surface area contributed by atoms with E-state index in [0.29, 0.717) is 18.6 Å². The van der Waals surface area contributed by atoms with Crippen LogP contribution in [0.4, 0.5) is 4.39 Å². The summed E-state index contributed by atoms with van der Waals surface area (Å²) >= 11 is 0. The van der Waals surface area contributed by atoms with E-state index < -0.39 is 6.67 Å². The minimum absolute atomic E-state index is 0.231. The fourth-order valence-electron chi connectivity index (χ4n) is 3.62. The van der Waals surface area contributed by atoms with Gasteiger partial charge in [0.1, 0.15) is 12.4 Å². The second-order valence-electron chi connectivity index (χ2n) is 7.20. The molecule has 3 nitrogen and oxygen atoms in total. The third kappa shape index (κ3) is 5.07. The second kappa shape index (κ2) is 10.1. The number of esters is 1. The number of hydrogen-bond acceptors (Lipinski definition) is 3. The molecule has 3 aromatic carbocycles. The van der Waals surface area contributed by atoms with E-state index in [4.69, 9.17) is 9.47 Å². The molecule has 0 fully saturated rings. The van der Waals surface area contributed by atoms with Crippen molar-refractivity contribution < 1.29 is 18.7 Å². The number of alkyl halides is 1. The van der Waals surface area contributed by atoms with Crippen molar-refractivity contribution in [2.24, 2.45) is 0 Å². The van der Waals surface area contributed by atoms with Gasteiger partial charge in [-0.25, -0.2) is 4.39 Å². The number of benzene rings is 3. The van der Waals surface area contributed by atoms with Gasteiger partial charge in [-0.05, 0) is 71.8 Å². The molecule has 0 aliphatic heterocycles. The predicted molar refractivity (Wildman–Crippen MR) is 118 cm³/mol. The normalized spacial score (nSPS) is 10.7. The maximum Gasteiger partial charge on any atom is 0.306 e. The van der Waals surface area contributed by atoms with E-state index in [9.17, 15) is 9.18 Å². The third-order valence-electron chi connectivity index (χ3n) is 5.11. The number of aryl methyl sites for hydroxylation is 2. The molecule has 0 unspecified atom stereocenters. The van der Waals surface area contributed by atoms with E-state index in [1.807, 2.05) is 61.5 Å². The number of halogens is 1. The Morgan fingerprint density at radius 2 is 1.67 bits per heavy atom. The molecule has 3 rings (SSSR count). The summed E-state index contributed by atoms with van der Waals surface area (Å²) in [6.45, 7) is 3.64. The van der Waals surface area contributed by atoms with Crippen LogP contribution in [-0.4, -0.2) is 19.7 Å². The van der Waals surface area contributed by atoms with Crippen molar-refractivity contribution in [3.05, 3.63) is 77.4 Å². The molecule has 0 heterocycles. The minimum atomic E-state index is -0.550. The number of hydrogen-bond donors (Lipinski definition) is 0. The Hall–Kier alpha value is -3.14. The Bertz CT molecular complexity index is 1030. The molecule has 3 aromatic rings. The zero-order valence-corrected chi connectivity index (χ0v) is 17.7. The van der Waals surface area contributed by atoms with Crippen LogP contribution in [-0.2, 0) is 22.6 Å². The van der Waals surface area contributed by atoms with Gasteiger partial charge in [-0.3, -0.25) is 4.79 Å². The summed E-state index contributed by atoms with van der Waals surface area (Å²) in [4.78, 5) is 11.8. The SMILES string of the molecule is CCOC(=O)CCc1cc(OC)ccc1-c1ccc(-c2cccc(C)c2)c(CF)c1. The first-order valence-corrected chi connectivity index (χ1v) is 10.1. The van der Waals surface area contributed by atoms with E-state index in [1.54, 1.807) is 14.0 Å². The van der Waals surface area contributed by atoms with Gasteiger partial charge in [-0.15, -0.1) is 0 Å². The van der Waals surface area contributed by atoms with Gasteiger partial charge in [0.2, 0.25) is 0 Å². The first-order chi connectivity index (χ1) is 14.5. The molecular weight excluding hydrogens is 379 g/mol. The maximum atomic E-state index is 13.9. The molecule has 0 saturated carbocycles. The largest absolute Gasteiger partial charge is 0.497 e. The number of methoxy groups -OCH3 is 1. The third-order valence-corrected chi connectivity index (χ3v) is 5.11. The minimum Gasteiger partial charge on any atom is -0.497 e. The lowest BCUT2D eigenvalue weighted by Crippen LogP contribution is -2.06. The Morgan fingerprint density at radius 1 is 0.933 bits per heavy atom. The topological polar surface area (TPSA) is 35.5 Å². The number of rotatable bonds is 8. The molecule has 0 amide bonds. The van der Waals surface area contributed by atoms with Crippen molar-refractivity contribution in [3.8, 4) is 28.0 Å². The Labute approximate surface area is 177 Å². The van der Waals surface area contributed by atoms with Gasteiger partial charge in [-0.2, -0.15) is 0 Å². The molecule has 0 aromatic heterocycles. The van der Waals surface area contributed by atoms with Gasteiger partial charge in [0.25, 0.3) is 0 Å². The van der Waals surface area contributed by atoms with E-state index in [0.717, 1.165) is 39.1 Å². The van der Waals surface area contributed by atoms with Crippen molar-refractivity contribution in [3.63, 3.8) is 0 Å². The molecule has 30 heavy (non-hydrogen) atoms. The summed E-state index contributed by atoms with van der Waals surface area (Å²) in [5, 5.41) is 0. The zero-order valence-electron chi connectivity index (χ0n) is 17.7. The average molecular weight is 406 g/mol. The number of ether oxygens (including phenoxy) is 2. The van der Waals surface area contributed by atoms with Gasteiger partial charge >= 0.3 is 5.97 Å². The van der Waals surface area contributed by atoms with Crippen LogP contribution in [0, 0.1) is 6.92 Å². The monoisotopic (exact) mass is 406 g/mol. The highest BCUT2D eigenvalue weighted by Crippen LogP contribution is 2.33. The van der Waals surface area contributed by atoms with Crippen molar-refractivity contribution in [2.75, 3.05) is 13.7 Å². The van der Waals surface area contributed by atoms with Gasteiger partial charge in [0.15, 0.2) is 0 Å². The average Bonchev–Trinajstić information content (AvgIpc) is 2.77. The summed E-state index contributed by atoms with van der Waals surface area (Å²) in [6, 6.07) is 19.7. The van der Waals surface area contributed by atoms with E-state index in [2.05, 4.69) is 6.07 Å². The van der Waals surface area contributed by atoms with Crippen molar-refractivity contribution in [1.82, 2.24) is 0 Å². The lowest BCUT2D eigenvalue weighted by Gasteiger charge is -2.15. The molecule has 0 radical (unpaired) electrons. The molecule has 156 valence electrons. The molecule has 0 aliphatic carbocycles. The number of carbonyl (C=O) groups is 1. The highest BCUT2D eigenvalue weighted by molar-refractivity contribution is 5.76. The highest BCUT2D eigenvalue weighted by atomic mass is 19.1. The van der Waals surface area contributed by atoms with E-state index in [-0.39, 0.29) is 12.4 Å². The van der Waals surface area contributed by atoms with E-state index in [1.165, 1.54) is 0 Å². The fraction of sp³-hybridized carbons (Fsp3) is 0.269. The van der Waals surface area contributed by atoms with Crippen LogP contribution in [0.2, 0.25) is 0 Å². The Kier molecular flexibility index (Phi) is 7.23. The van der Waals surface area contributed by atoms with Crippen LogP contribution in [0.25, 0.3) is 22.3 Å². The standard InChI is InChI=1S/C26H27FO3/c1-4-30-26(28)13-9-21-16-23(29-3)10-12-24(21)20-8-11-25(22(15-20)17-27)19-7-5-6-18(2)14-19/h5-8,10-12,14-16H,4,9,13,17H2,1-3H3. The molecule has 0 bridgehead atoms. The van der Waals surface area contributed by atoms with Crippen LogP contribution < -0.4 is 4.74 Å². The summed E-state index contributed by atoms with van der Waals surface area (Å²) in [5.41, 5.74) is 6.53. The van der Waals surface area contributed by atoms with Gasteiger partial charge in [0.05, 0.1) is 13.7 Å². The second-order valence-corrected chi connectivity index (χ2v) is 7.20. The molecule has 0 spiro atoms. The van der Waals surface area contributed by atoms with Crippen molar-refractivity contribution in [1.29, 1.82) is 0 Å². The van der Waals surface area contributed by atoms with Crippen LogP contribution in [0.5, 0.6) is 5.75 Å². The Balaban J connectivity index is 1.99. The smallest absolute Gasteiger partial charge is 0.306 e. The van der Waals surface area contributed by atoms with Crippen molar-refractivity contribution in [2.45, 2.75) is 33.4 Å². The van der Waals surface area contributed by atoms with Gasteiger partial charge in [-0.1, -0.05) is 48.0 Å². The van der Waals surface area contributed by atoms with Gasteiger partial charge in [0, 0.05) is 6.42 Å². The first-order valence-electron chi connectivity index (χ1n) is 10.1. The van der Waals surface area contributed by atoms with Crippen LogP contribution >= 0.6 is 0 Å². The fourth-order valence-corrected chi connectivity index (χ4v) is 3.62. The summed E-state index contributed by atoms with van der Waals surface area (Å²) in [6.07, 6.45) is 0.807. The van der Waals surface area contributed by atoms with E-state index >= 15 is 0 Å².